The number of anilines is 1. The van der Waals surface area contributed by atoms with Crippen LogP contribution in [0.3, 0.4) is 0 Å². The largest absolute Gasteiger partial charge is 0.480 e. The van der Waals surface area contributed by atoms with Gasteiger partial charge in [-0.2, -0.15) is 12.6 Å². The van der Waals surface area contributed by atoms with Crippen LogP contribution in [0.25, 0.3) is 0 Å². The number of hydrogen-bond acceptors (Lipinski definition) is 3. The van der Waals surface area contributed by atoms with Gasteiger partial charge in [-0.25, -0.2) is 0 Å². The van der Waals surface area contributed by atoms with Crippen molar-refractivity contribution in [3.8, 4) is 0 Å². The molecular weight excluding hydrogens is 250 g/mol. The van der Waals surface area contributed by atoms with Crippen molar-refractivity contribution in [2.75, 3.05) is 11.9 Å². The van der Waals surface area contributed by atoms with Crippen molar-refractivity contribution < 1.29 is 14.7 Å². The molecule has 98 valence electrons. The van der Waals surface area contributed by atoms with E-state index in [1.165, 1.54) is 4.90 Å². The molecule has 1 aromatic carbocycles. The van der Waals surface area contributed by atoms with Crippen LogP contribution in [0.5, 0.6) is 0 Å². The van der Waals surface area contributed by atoms with Crippen LogP contribution >= 0.6 is 12.6 Å². The van der Waals surface area contributed by atoms with Crippen LogP contribution in [-0.4, -0.2) is 29.3 Å². The quantitative estimate of drug-likeness (QED) is 0.649. The molecule has 1 atom stereocenters. The number of nitrogens with zero attached hydrogens (tertiary/aromatic N) is 1. The molecule has 18 heavy (non-hydrogen) atoms. The summed E-state index contributed by atoms with van der Waals surface area (Å²) in [6.07, 6.45) is 0. The molecule has 1 unspecified atom stereocenters. The van der Waals surface area contributed by atoms with Gasteiger partial charge in [0.1, 0.15) is 0 Å². The number of rotatable bonds is 4. The third-order valence-electron chi connectivity index (χ3n) is 2.72. The van der Waals surface area contributed by atoms with Crippen LogP contribution in [0.15, 0.2) is 24.3 Å². The smallest absolute Gasteiger partial charge is 0.326 e. The topological polar surface area (TPSA) is 57.6 Å². The maximum Gasteiger partial charge on any atom is 0.326 e. The minimum Gasteiger partial charge on any atom is -0.480 e. The SMILES string of the molecule is CC(C)c1cccc(N(C)C(=O)C(S)C(=O)O)c1. The van der Waals surface area contributed by atoms with E-state index in [0.717, 1.165) is 5.56 Å². The van der Waals surface area contributed by atoms with Crippen molar-refractivity contribution in [2.45, 2.75) is 25.0 Å². The maximum atomic E-state index is 11.8. The second-order valence-electron chi connectivity index (χ2n) is 4.39. The van der Waals surface area contributed by atoms with Crippen LogP contribution in [0.4, 0.5) is 5.69 Å². The van der Waals surface area contributed by atoms with Gasteiger partial charge in [0, 0.05) is 12.7 Å². The van der Waals surface area contributed by atoms with Crippen molar-refractivity contribution in [3.05, 3.63) is 29.8 Å². The minimum absolute atomic E-state index is 0.347. The van der Waals surface area contributed by atoms with E-state index in [9.17, 15) is 9.59 Å². The summed E-state index contributed by atoms with van der Waals surface area (Å²) in [5, 5.41) is 7.43. The zero-order valence-corrected chi connectivity index (χ0v) is 11.5. The summed E-state index contributed by atoms with van der Waals surface area (Å²) in [5.74, 6) is -1.44. The highest BCUT2D eigenvalue weighted by Crippen LogP contribution is 2.21. The second-order valence-corrected chi connectivity index (χ2v) is 4.90. The Morgan fingerprint density at radius 2 is 1.94 bits per heavy atom. The van der Waals surface area contributed by atoms with E-state index in [1.54, 1.807) is 13.1 Å². The first-order valence-corrected chi connectivity index (χ1v) is 6.14. The number of carboxylic acids is 1. The highest BCUT2D eigenvalue weighted by atomic mass is 32.1. The van der Waals surface area contributed by atoms with Crippen LogP contribution in [0.1, 0.15) is 25.3 Å². The highest BCUT2D eigenvalue weighted by Gasteiger charge is 2.25. The van der Waals surface area contributed by atoms with Crippen LogP contribution in [-0.2, 0) is 9.59 Å². The fraction of sp³-hybridized carbons (Fsp3) is 0.385. The van der Waals surface area contributed by atoms with Gasteiger partial charge < -0.3 is 10.0 Å². The lowest BCUT2D eigenvalue weighted by molar-refractivity contribution is -0.139. The molecule has 0 radical (unpaired) electrons. The fourth-order valence-corrected chi connectivity index (χ4v) is 1.68. The van der Waals surface area contributed by atoms with E-state index in [4.69, 9.17) is 5.11 Å². The summed E-state index contributed by atoms with van der Waals surface area (Å²) < 4.78 is 0. The number of carbonyl (C=O) groups excluding carboxylic acids is 1. The fourth-order valence-electron chi connectivity index (χ4n) is 1.51. The molecule has 0 aromatic heterocycles. The van der Waals surface area contributed by atoms with Gasteiger partial charge in [-0.1, -0.05) is 26.0 Å². The monoisotopic (exact) mass is 267 g/mol. The first-order chi connectivity index (χ1) is 8.34. The van der Waals surface area contributed by atoms with Gasteiger partial charge in [0.15, 0.2) is 5.25 Å². The Kier molecular flexibility index (Phi) is 4.78. The first-order valence-electron chi connectivity index (χ1n) is 5.63. The predicted molar refractivity (Wildman–Crippen MR) is 74.4 cm³/mol. The number of aliphatic carboxylic acids is 1. The molecule has 0 fully saturated rings. The van der Waals surface area contributed by atoms with E-state index in [-0.39, 0.29) is 0 Å². The van der Waals surface area contributed by atoms with E-state index >= 15 is 0 Å². The van der Waals surface area contributed by atoms with Crippen molar-refractivity contribution in [3.63, 3.8) is 0 Å². The zero-order valence-electron chi connectivity index (χ0n) is 10.6. The minimum atomic E-state index is -1.34. The highest BCUT2D eigenvalue weighted by molar-refractivity contribution is 7.82. The summed E-state index contributed by atoms with van der Waals surface area (Å²) in [4.78, 5) is 23.9. The normalized spacial score (nSPS) is 12.3. The van der Waals surface area contributed by atoms with Crippen molar-refractivity contribution in [1.29, 1.82) is 0 Å². The maximum absolute atomic E-state index is 11.8. The van der Waals surface area contributed by atoms with Crippen molar-refractivity contribution in [2.24, 2.45) is 0 Å². The van der Waals surface area contributed by atoms with Crippen LogP contribution in [0.2, 0.25) is 0 Å². The van der Waals surface area contributed by atoms with Crippen LogP contribution < -0.4 is 4.90 Å². The van der Waals surface area contributed by atoms with Gasteiger partial charge in [-0.05, 0) is 23.6 Å². The number of amides is 1. The number of carbonyl (C=O) groups is 2. The van der Waals surface area contributed by atoms with Gasteiger partial charge in [-0.3, -0.25) is 9.59 Å². The molecule has 0 aliphatic carbocycles. The number of benzene rings is 1. The Balaban J connectivity index is 2.96. The molecule has 1 amide bonds. The molecule has 1 N–H and O–H groups in total. The van der Waals surface area contributed by atoms with Gasteiger partial charge in [0.05, 0.1) is 0 Å². The number of carboxylic acid groups (broad SMARTS) is 1. The summed E-state index contributed by atoms with van der Waals surface area (Å²) >= 11 is 3.79. The van der Waals surface area contributed by atoms with Gasteiger partial charge in [0.2, 0.25) is 0 Å². The average Bonchev–Trinajstić information content (AvgIpc) is 2.36. The van der Waals surface area contributed by atoms with Crippen LogP contribution in [0, 0.1) is 0 Å². The standard InChI is InChI=1S/C13H17NO3S/c1-8(2)9-5-4-6-10(7-9)14(3)12(15)11(18)13(16)17/h4-8,11,18H,1-3H3,(H,16,17). The predicted octanol–water partition coefficient (Wildman–Crippen LogP) is 2.16. The molecule has 0 heterocycles. The molecule has 0 spiro atoms. The molecule has 1 rings (SSSR count). The van der Waals surface area contributed by atoms with Gasteiger partial charge >= 0.3 is 5.97 Å². The van der Waals surface area contributed by atoms with Gasteiger partial charge in [0.25, 0.3) is 5.91 Å². The Labute approximate surface area is 112 Å². The second kappa shape index (κ2) is 5.91. The molecular formula is C13H17NO3S. The summed E-state index contributed by atoms with van der Waals surface area (Å²) in [6, 6.07) is 7.47. The third kappa shape index (κ3) is 3.26. The molecule has 0 aliphatic rings. The van der Waals surface area contributed by atoms with E-state index in [1.807, 2.05) is 18.2 Å². The number of thiol groups is 1. The molecule has 0 saturated heterocycles. The Morgan fingerprint density at radius 3 is 2.44 bits per heavy atom. The number of hydrogen-bond donors (Lipinski definition) is 2. The lowest BCUT2D eigenvalue weighted by Crippen LogP contribution is -2.37. The van der Waals surface area contributed by atoms with E-state index in [2.05, 4.69) is 26.5 Å². The molecule has 0 aliphatic heterocycles. The molecule has 4 nitrogen and oxygen atoms in total. The molecule has 0 bridgehead atoms. The third-order valence-corrected chi connectivity index (χ3v) is 3.16. The van der Waals surface area contributed by atoms with Gasteiger partial charge in [-0.15, -0.1) is 0 Å². The molecule has 1 aromatic rings. The summed E-state index contributed by atoms with van der Waals surface area (Å²) in [5.41, 5.74) is 1.77. The summed E-state index contributed by atoms with van der Waals surface area (Å²) in [6.45, 7) is 4.11. The Morgan fingerprint density at radius 1 is 1.33 bits per heavy atom. The molecule has 0 saturated carbocycles. The Hall–Kier alpha value is -1.49. The van der Waals surface area contributed by atoms with E-state index in [0.29, 0.717) is 11.6 Å². The first kappa shape index (κ1) is 14.6. The Bertz CT molecular complexity index is 459. The average molecular weight is 267 g/mol. The lowest BCUT2D eigenvalue weighted by atomic mass is 10.0. The van der Waals surface area contributed by atoms with E-state index < -0.39 is 17.1 Å². The van der Waals surface area contributed by atoms with Crippen molar-refractivity contribution in [1.82, 2.24) is 0 Å². The molecule has 5 heteroatoms. The summed E-state index contributed by atoms with van der Waals surface area (Å²) in [7, 11) is 1.55. The zero-order chi connectivity index (χ0) is 13.9. The van der Waals surface area contributed by atoms with Crippen molar-refractivity contribution >= 4 is 30.2 Å². The lowest BCUT2D eigenvalue weighted by Gasteiger charge is -2.20.